The topological polar surface area (TPSA) is 99.8 Å². The van der Waals surface area contributed by atoms with E-state index in [1.54, 1.807) is 30.5 Å². The molecule has 0 aliphatic carbocycles. The number of carbonyl (C=O) groups excluding carboxylic acids is 2. The van der Waals surface area contributed by atoms with E-state index in [2.05, 4.69) is 28.4 Å². The maximum atomic E-state index is 12.8. The predicted octanol–water partition coefficient (Wildman–Crippen LogP) is 3.70. The summed E-state index contributed by atoms with van der Waals surface area (Å²) in [6, 6.07) is 8.63. The van der Waals surface area contributed by atoms with Gasteiger partial charge in [-0.2, -0.15) is 5.10 Å². The number of unbranched alkanes of at least 4 members (excludes halogenated alkanes) is 1. The number of nitrogens with zero attached hydrogens (tertiary/aromatic N) is 4. The third-order valence-corrected chi connectivity index (χ3v) is 6.01. The Kier molecular flexibility index (Phi) is 6.96. The molecule has 174 valence electrons. The van der Waals surface area contributed by atoms with Crippen LogP contribution in [0.4, 0.5) is 5.69 Å². The van der Waals surface area contributed by atoms with Gasteiger partial charge in [-0.15, -0.1) is 6.42 Å². The van der Waals surface area contributed by atoms with Crippen LogP contribution in [0.5, 0.6) is 0 Å². The lowest BCUT2D eigenvalue weighted by atomic mass is 9.93. The van der Waals surface area contributed by atoms with Crippen molar-refractivity contribution >= 4 is 46.1 Å². The summed E-state index contributed by atoms with van der Waals surface area (Å²) in [7, 11) is 0. The second kappa shape index (κ2) is 10.1. The van der Waals surface area contributed by atoms with Crippen LogP contribution in [0.3, 0.4) is 0 Å². The Morgan fingerprint density at radius 2 is 2.00 bits per heavy atom. The van der Waals surface area contributed by atoms with Gasteiger partial charge in [0.25, 0.3) is 11.8 Å². The average Bonchev–Trinajstić information content (AvgIpc) is 3.13. The van der Waals surface area contributed by atoms with Gasteiger partial charge in [0, 0.05) is 28.3 Å². The summed E-state index contributed by atoms with van der Waals surface area (Å²) in [4.78, 5) is 31.2. The SMILES string of the molecule is C#CCn1c(CCCC)nc(Cl)c1/C=N/Nc1ccc2c3c(cccc13)C(=O)N(CCO)C2=O. The Balaban J connectivity index is 1.68. The van der Waals surface area contributed by atoms with Crippen LogP contribution < -0.4 is 5.43 Å². The van der Waals surface area contributed by atoms with E-state index in [9.17, 15) is 14.7 Å². The van der Waals surface area contributed by atoms with Crippen molar-refractivity contribution in [3.63, 3.8) is 0 Å². The van der Waals surface area contributed by atoms with E-state index < -0.39 is 11.8 Å². The Morgan fingerprint density at radius 3 is 2.71 bits per heavy atom. The number of carbonyl (C=O) groups is 2. The number of imidazole rings is 1. The van der Waals surface area contributed by atoms with Gasteiger partial charge in [-0.25, -0.2) is 4.98 Å². The predicted molar refractivity (Wildman–Crippen MR) is 132 cm³/mol. The largest absolute Gasteiger partial charge is 0.395 e. The number of hydrogen-bond acceptors (Lipinski definition) is 6. The summed E-state index contributed by atoms with van der Waals surface area (Å²) in [6.07, 6.45) is 9.88. The average molecular weight is 478 g/mol. The zero-order valence-corrected chi connectivity index (χ0v) is 19.5. The van der Waals surface area contributed by atoms with Crippen molar-refractivity contribution in [2.45, 2.75) is 32.7 Å². The number of benzene rings is 2. The Morgan fingerprint density at radius 1 is 1.24 bits per heavy atom. The van der Waals surface area contributed by atoms with Gasteiger partial charge in [0.2, 0.25) is 0 Å². The fraction of sp³-hybridized carbons (Fsp3) is 0.280. The molecule has 0 radical (unpaired) electrons. The lowest BCUT2D eigenvalue weighted by Crippen LogP contribution is -2.41. The third-order valence-electron chi connectivity index (χ3n) is 5.73. The van der Waals surface area contributed by atoms with Crippen molar-refractivity contribution < 1.29 is 14.7 Å². The Hall–Kier alpha value is -3.67. The van der Waals surface area contributed by atoms with Gasteiger partial charge in [0.1, 0.15) is 11.5 Å². The molecule has 1 aliphatic heterocycles. The molecule has 0 saturated carbocycles. The molecule has 9 heteroatoms. The van der Waals surface area contributed by atoms with Crippen LogP contribution in [-0.4, -0.2) is 50.7 Å². The molecule has 8 nitrogen and oxygen atoms in total. The molecular formula is C25H24ClN5O3. The van der Waals surface area contributed by atoms with Crippen LogP contribution >= 0.6 is 11.6 Å². The van der Waals surface area contributed by atoms with Gasteiger partial charge in [0.05, 0.1) is 31.6 Å². The van der Waals surface area contributed by atoms with Crippen molar-refractivity contribution in [3.05, 3.63) is 58.1 Å². The molecule has 2 N–H and O–H groups in total. The lowest BCUT2D eigenvalue weighted by molar-refractivity contribution is 0.0580. The number of aromatic nitrogens is 2. The number of aryl methyl sites for hydroxylation is 1. The summed E-state index contributed by atoms with van der Waals surface area (Å²) in [5, 5.41) is 15.2. The molecule has 2 aromatic carbocycles. The smallest absolute Gasteiger partial charge is 0.261 e. The Bertz CT molecular complexity index is 1320. The molecule has 0 atom stereocenters. The van der Waals surface area contributed by atoms with E-state index in [1.807, 2.05) is 10.6 Å². The zero-order chi connectivity index (χ0) is 24.2. The maximum Gasteiger partial charge on any atom is 0.261 e. The van der Waals surface area contributed by atoms with E-state index in [1.165, 1.54) is 0 Å². The van der Waals surface area contributed by atoms with Crippen LogP contribution in [-0.2, 0) is 13.0 Å². The highest BCUT2D eigenvalue weighted by atomic mass is 35.5. The third kappa shape index (κ3) is 4.16. The van der Waals surface area contributed by atoms with E-state index in [4.69, 9.17) is 18.0 Å². The van der Waals surface area contributed by atoms with Crippen molar-refractivity contribution in [3.8, 4) is 12.3 Å². The second-order valence-corrected chi connectivity index (χ2v) is 8.20. The minimum absolute atomic E-state index is 0.0515. The summed E-state index contributed by atoms with van der Waals surface area (Å²) in [6.45, 7) is 2.09. The summed E-state index contributed by atoms with van der Waals surface area (Å²) in [5.74, 6) is 2.59. The van der Waals surface area contributed by atoms with Crippen molar-refractivity contribution in [2.75, 3.05) is 18.6 Å². The monoisotopic (exact) mass is 477 g/mol. The first kappa shape index (κ1) is 23.5. The number of β-amino-alcohol motifs (C(OH)–C–C–N with tert-alkyl or cyclic N) is 1. The highest BCUT2D eigenvalue weighted by molar-refractivity contribution is 6.31. The quantitative estimate of drug-likeness (QED) is 0.212. The van der Waals surface area contributed by atoms with Crippen LogP contribution in [0.2, 0.25) is 5.15 Å². The number of nitrogens with one attached hydrogen (secondary N) is 1. The molecule has 34 heavy (non-hydrogen) atoms. The molecule has 1 aromatic heterocycles. The molecule has 0 fully saturated rings. The number of terminal acetylenes is 1. The highest BCUT2D eigenvalue weighted by Gasteiger charge is 2.32. The normalized spacial score (nSPS) is 13.2. The van der Waals surface area contributed by atoms with Gasteiger partial charge in [0.15, 0.2) is 5.15 Å². The van der Waals surface area contributed by atoms with Gasteiger partial charge in [-0.1, -0.05) is 43.0 Å². The fourth-order valence-corrected chi connectivity index (χ4v) is 4.36. The Labute approximate surface area is 202 Å². The van der Waals surface area contributed by atoms with Crippen molar-refractivity contribution in [1.29, 1.82) is 0 Å². The number of rotatable bonds is 9. The van der Waals surface area contributed by atoms with Gasteiger partial charge in [-0.05, 0) is 24.6 Å². The van der Waals surface area contributed by atoms with E-state index in [-0.39, 0.29) is 13.2 Å². The first-order valence-electron chi connectivity index (χ1n) is 11.0. The molecule has 2 amide bonds. The van der Waals surface area contributed by atoms with Crippen LogP contribution in [0, 0.1) is 12.3 Å². The van der Waals surface area contributed by atoms with E-state index in [0.717, 1.165) is 30.0 Å². The molecule has 0 spiro atoms. The summed E-state index contributed by atoms with van der Waals surface area (Å²) >= 11 is 6.36. The maximum absolute atomic E-state index is 12.8. The number of hydrazone groups is 1. The zero-order valence-electron chi connectivity index (χ0n) is 18.7. The number of aliphatic hydroxyl groups excluding tert-OH is 1. The molecule has 4 rings (SSSR count). The molecule has 1 aliphatic rings. The van der Waals surface area contributed by atoms with E-state index >= 15 is 0 Å². The van der Waals surface area contributed by atoms with Crippen molar-refractivity contribution in [1.82, 2.24) is 14.5 Å². The minimum Gasteiger partial charge on any atom is -0.395 e. The molecule has 0 bridgehead atoms. The lowest BCUT2D eigenvalue weighted by Gasteiger charge is -2.27. The highest BCUT2D eigenvalue weighted by Crippen LogP contribution is 2.34. The number of amides is 2. The van der Waals surface area contributed by atoms with Crippen LogP contribution in [0.1, 0.15) is 52.0 Å². The number of anilines is 1. The molecule has 2 heterocycles. The number of aliphatic hydroxyl groups is 1. The van der Waals surface area contributed by atoms with E-state index in [0.29, 0.717) is 45.0 Å². The molecule has 0 unspecified atom stereocenters. The standard InChI is InChI=1S/C25H24ClN5O3/c1-3-5-9-21-28-23(26)20(30(21)12-4-2)15-27-29-19-11-10-18-22-16(19)7-6-8-17(22)24(33)31(13-14-32)25(18)34/h2,6-8,10-11,15,29,32H,3,5,9,12-14H2,1H3/b27-15+. The molecule has 3 aromatic rings. The number of halogens is 1. The first-order chi connectivity index (χ1) is 16.5. The van der Waals surface area contributed by atoms with Crippen LogP contribution in [0.25, 0.3) is 10.8 Å². The van der Waals surface area contributed by atoms with Crippen molar-refractivity contribution in [2.24, 2.45) is 5.10 Å². The number of hydrogen-bond donors (Lipinski definition) is 2. The summed E-state index contributed by atoms with van der Waals surface area (Å²) in [5.41, 5.74) is 5.03. The molecular weight excluding hydrogens is 454 g/mol. The molecule has 0 saturated heterocycles. The van der Waals surface area contributed by atoms with Gasteiger partial charge >= 0.3 is 0 Å². The van der Waals surface area contributed by atoms with Crippen LogP contribution in [0.15, 0.2) is 35.4 Å². The second-order valence-electron chi connectivity index (χ2n) is 7.84. The fourth-order valence-electron chi connectivity index (χ4n) is 4.11. The minimum atomic E-state index is -0.428. The van der Waals surface area contributed by atoms with Gasteiger partial charge < -0.3 is 9.67 Å². The summed E-state index contributed by atoms with van der Waals surface area (Å²) < 4.78 is 1.87. The number of imide groups is 1. The van der Waals surface area contributed by atoms with Gasteiger partial charge in [-0.3, -0.25) is 19.9 Å². The first-order valence-corrected chi connectivity index (χ1v) is 11.4.